The quantitative estimate of drug-likeness (QED) is 0.909. The summed E-state index contributed by atoms with van der Waals surface area (Å²) in [5.74, 6) is -0.211. The lowest BCUT2D eigenvalue weighted by atomic mass is 10.1. The molecule has 22 heavy (non-hydrogen) atoms. The van der Waals surface area contributed by atoms with E-state index >= 15 is 0 Å². The van der Waals surface area contributed by atoms with E-state index in [9.17, 15) is 9.59 Å². The van der Waals surface area contributed by atoms with Gasteiger partial charge in [-0.2, -0.15) is 0 Å². The molecule has 1 atom stereocenters. The summed E-state index contributed by atoms with van der Waals surface area (Å²) in [5.41, 5.74) is -0.127. The van der Waals surface area contributed by atoms with E-state index in [1.807, 2.05) is 20.8 Å². The summed E-state index contributed by atoms with van der Waals surface area (Å²) in [6, 6.07) is 5.14. The molecule has 1 aromatic rings. The van der Waals surface area contributed by atoms with Crippen molar-refractivity contribution in [2.24, 2.45) is 0 Å². The molecule has 0 aromatic carbocycles. The molecule has 0 unspecified atom stereocenters. The van der Waals surface area contributed by atoms with Crippen LogP contribution in [0, 0.1) is 0 Å². The van der Waals surface area contributed by atoms with Crippen LogP contribution in [0.15, 0.2) is 24.4 Å². The van der Waals surface area contributed by atoms with Gasteiger partial charge < -0.3 is 15.0 Å². The Bertz CT molecular complexity index is 525. The summed E-state index contributed by atoms with van der Waals surface area (Å²) < 4.78 is 5.38. The van der Waals surface area contributed by atoms with Crippen molar-refractivity contribution in [1.29, 1.82) is 0 Å². The molecule has 1 aliphatic rings. The van der Waals surface area contributed by atoms with Crippen LogP contribution in [0.2, 0.25) is 0 Å². The number of hydrogen-bond donors (Lipinski definition) is 1. The first kappa shape index (κ1) is 16.3. The Labute approximate surface area is 130 Å². The largest absolute Gasteiger partial charge is 0.444 e. The number of hydrogen-bond acceptors (Lipinski definition) is 4. The number of carbonyl (C=O) groups is 2. The van der Waals surface area contributed by atoms with E-state index in [1.54, 1.807) is 29.3 Å². The molecule has 0 radical (unpaired) electrons. The lowest BCUT2D eigenvalue weighted by Crippen LogP contribution is -2.50. The first-order valence-corrected chi connectivity index (χ1v) is 7.55. The monoisotopic (exact) mass is 305 g/mol. The molecule has 1 aliphatic heterocycles. The first-order valence-electron chi connectivity index (χ1n) is 7.55. The fourth-order valence-corrected chi connectivity index (χ4v) is 2.34. The third-order valence-electron chi connectivity index (χ3n) is 3.31. The van der Waals surface area contributed by atoms with E-state index < -0.39 is 5.60 Å². The predicted molar refractivity (Wildman–Crippen MR) is 82.5 cm³/mol. The van der Waals surface area contributed by atoms with Crippen LogP contribution in [0.4, 0.5) is 4.79 Å². The summed E-state index contributed by atoms with van der Waals surface area (Å²) in [4.78, 5) is 29.9. The van der Waals surface area contributed by atoms with Gasteiger partial charge in [-0.25, -0.2) is 4.79 Å². The lowest BCUT2D eigenvalue weighted by molar-refractivity contribution is 0.0185. The van der Waals surface area contributed by atoms with Gasteiger partial charge >= 0.3 is 6.09 Å². The topological polar surface area (TPSA) is 71.5 Å². The Balaban J connectivity index is 1.91. The van der Waals surface area contributed by atoms with Gasteiger partial charge in [-0.1, -0.05) is 6.07 Å². The van der Waals surface area contributed by atoms with Gasteiger partial charge in [0.05, 0.1) is 0 Å². The number of aromatic nitrogens is 1. The van der Waals surface area contributed by atoms with Crippen LogP contribution in [0.1, 0.15) is 44.1 Å². The number of likely N-dealkylation sites (tertiary alicyclic amines) is 1. The first-order chi connectivity index (χ1) is 10.3. The van der Waals surface area contributed by atoms with Crippen molar-refractivity contribution in [2.45, 2.75) is 45.3 Å². The van der Waals surface area contributed by atoms with Gasteiger partial charge in [-0.05, 0) is 45.7 Å². The Morgan fingerprint density at radius 3 is 2.77 bits per heavy atom. The minimum Gasteiger partial charge on any atom is -0.444 e. The standard InChI is InChI=1S/C16H23N3O3/c1-16(2,3)22-15(21)19-10-6-7-12(11-19)18-14(20)13-8-4-5-9-17-13/h4-5,8-9,12H,6-7,10-11H2,1-3H3,(H,18,20)/t12-/m1/s1. The predicted octanol–water partition coefficient (Wildman–Crippen LogP) is 2.21. The second-order valence-electron chi connectivity index (χ2n) is 6.45. The molecule has 2 rings (SSSR count). The van der Waals surface area contributed by atoms with Crippen molar-refractivity contribution >= 4 is 12.0 Å². The zero-order valence-electron chi connectivity index (χ0n) is 13.3. The van der Waals surface area contributed by atoms with Crippen molar-refractivity contribution in [3.63, 3.8) is 0 Å². The zero-order valence-corrected chi connectivity index (χ0v) is 13.3. The van der Waals surface area contributed by atoms with E-state index in [4.69, 9.17) is 4.74 Å². The van der Waals surface area contributed by atoms with Crippen LogP contribution >= 0.6 is 0 Å². The summed E-state index contributed by atoms with van der Waals surface area (Å²) in [5, 5.41) is 2.93. The average Bonchev–Trinajstić information content (AvgIpc) is 2.46. The summed E-state index contributed by atoms with van der Waals surface area (Å²) in [6.07, 6.45) is 2.94. The van der Waals surface area contributed by atoms with E-state index in [0.29, 0.717) is 18.8 Å². The van der Waals surface area contributed by atoms with Crippen LogP contribution in [-0.2, 0) is 4.74 Å². The second-order valence-corrected chi connectivity index (χ2v) is 6.45. The normalized spacial score (nSPS) is 18.7. The molecule has 2 amide bonds. The summed E-state index contributed by atoms with van der Waals surface area (Å²) in [6.45, 7) is 6.65. The number of piperidine rings is 1. The van der Waals surface area contributed by atoms with Crippen molar-refractivity contribution in [2.75, 3.05) is 13.1 Å². The van der Waals surface area contributed by atoms with E-state index in [0.717, 1.165) is 12.8 Å². The van der Waals surface area contributed by atoms with Crippen molar-refractivity contribution in [3.05, 3.63) is 30.1 Å². The number of rotatable bonds is 2. The molecule has 120 valence electrons. The number of nitrogens with one attached hydrogen (secondary N) is 1. The smallest absolute Gasteiger partial charge is 0.410 e. The van der Waals surface area contributed by atoms with Crippen LogP contribution < -0.4 is 5.32 Å². The minimum atomic E-state index is -0.513. The van der Waals surface area contributed by atoms with Crippen molar-refractivity contribution in [1.82, 2.24) is 15.2 Å². The van der Waals surface area contributed by atoms with Crippen LogP contribution in [0.3, 0.4) is 0 Å². The summed E-state index contributed by atoms with van der Waals surface area (Å²) in [7, 11) is 0. The van der Waals surface area contributed by atoms with Gasteiger partial charge in [-0.15, -0.1) is 0 Å². The highest BCUT2D eigenvalue weighted by atomic mass is 16.6. The maximum Gasteiger partial charge on any atom is 0.410 e. The molecule has 1 saturated heterocycles. The molecule has 1 aromatic heterocycles. The van der Waals surface area contributed by atoms with Crippen LogP contribution in [0.25, 0.3) is 0 Å². The fourth-order valence-electron chi connectivity index (χ4n) is 2.34. The molecule has 6 nitrogen and oxygen atoms in total. The van der Waals surface area contributed by atoms with E-state index in [-0.39, 0.29) is 18.0 Å². The molecule has 2 heterocycles. The fraction of sp³-hybridized carbons (Fsp3) is 0.562. The highest BCUT2D eigenvalue weighted by molar-refractivity contribution is 5.92. The van der Waals surface area contributed by atoms with E-state index in [2.05, 4.69) is 10.3 Å². The van der Waals surface area contributed by atoms with Crippen LogP contribution in [0.5, 0.6) is 0 Å². The molecular weight excluding hydrogens is 282 g/mol. The van der Waals surface area contributed by atoms with Gasteiger partial charge in [0, 0.05) is 25.3 Å². The SMILES string of the molecule is CC(C)(C)OC(=O)N1CCC[C@@H](NC(=O)c2ccccn2)C1. The lowest BCUT2D eigenvalue weighted by Gasteiger charge is -2.34. The highest BCUT2D eigenvalue weighted by Gasteiger charge is 2.28. The van der Waals surface area contributed by atoms with Gasteiger partial charge in [0.25, 0.3) is 5.91 Å². The number of carbonyl (C=O) groups excluding carboxylic acids is 2. The third kappa shape index (κ3) is 4.72. The van der Waals surface area contributed by atoms with Crippen molar-refractivity contribution in [3.8, 4) is 0 Å². The van der Waals surface area contributed by atoms with Gasteiger partial charge in [0.15, 0.2) is 0 Å². The van der Waals surface area contributed by atoms with Crippen LogP contribution in [-0.4, -0.2) is 46.6 Å². The zero-order chi connectivity index (χ0) is 16.2. The van der Waals surface area contributed by atoms with Gasteiger partial charge in [0.2, 0.25) is 0 Å². The van der Waals surface area contributed by atoms with Gasteiger partial charge in [-0.3, -0.25) is 9.78 Å². The Hall–Kier alpha value is -2.11. The minimum absolute atomic E-state index is 0.0734. The van der Waals surface area contributed by atoms with Crippen molar-refractivity contribution < 1.29 is 14.3 Å². The highest BCUT2D eigenvalue weighted by Crippen LogP contribution is 2.15. The summed E-state index contributed by atoms with van der Waals surface area (Å²) >= 11 is 0. The molecule has 6 heteroatoms. The average molecular weight is 305 g/mol. The molecule has 1 fully saturated rings. The second kappa shape index (κ2) is 6.77. The Morgan fingerprint density at radius 1 is 1.36 bits per heavy atom. The Kier molecular flexibility index (Phi) is 5.00. The third-order valence-corrected chi connectivity index (χ3v) is 3.31. The van der Waals surface area contributed by atoms with E-state index in [1.165, 1.54) is 0 Å². The molecule has 1 N–H and O–H groups in total. The number of amides is 2. The number of nitrogens with zero attached hydrogens (tertiary/aromatic N) is 2. The molecule has 0 bridgehead atoms. The molecule has 0 saturated carbocycles. The molecule has 0 aliphatic carbocycles. The Morgan fingerprint density at radius 2 is 2.14 bits per heavy atom. The molecular formula is C16H23N3O3. The maximum absolute atomic E-state index is 12.1. The van der Waals surface area contributed by atoms with Gasteiger partial charge in [0.1, 0.15) is 11.3 Å². The number of ether oxygens (including phenoxy) is 1. The maximum atomic E-state index is 12.1. The molecule has 0 spiro atoms. The number of pyridine rings is 1.